The molecule has 1 heterocycles. The molecule has 0 spiro atoms. The first-order valence-electron chi connectivity index (χ1n) is 6.98. The van der Waals surface area contributed by atoms with Crippen molar-refractivity contribution in [2.75, 3.05) is 13.1 Å². The number of aliphatic hydroxyl groups is 1. The van der Waals surface area contributed by atoms with E-state index in [-0.39, 0.29) is 23.5 Å². The maximum atomic E-state index is 13.3. The fourth-order valence-corrected chi connectivity index (χ4v) is 2.64. The van der Waals surface area contributed by atoms with Crippen molar-refractivity contribution in [1.29, 1.82) is 0 Å². The molecule has 1 atom stereocenters. The van der Waals surface area contributed by atoms with Crippen LogP contribution >= 0.6 is 0 Å². The van der Waals surface area contributed by atoms with Gasteiger partial charge in [0.05, 0.1) is 6.10 Å². The predicted molar refractivity (Wildman–Crippen MR) is 73.0 cm³/mol. The van der Waals surface area contributed by atoms with Crippen molar-refractivity contribution in [3.8, 4) is 5.75 Å². The zero-order valence-electron chi connectivity index (χ0n) is 11.6. The Hall–Kier alpha value is -1.62. The Morgan fingerprint density at radius 1 is 1.45 bits per heavy atom. The van der Waals surface area contributed by atoms with Gasteiger partial charge < -0.3 is 15.1 Å². The van der Waals surface area contributed by atoms with E-state index in [1.165, 1.54) is 12.1 Å². The Bertz CT molecular complexity index is 484. The number of phenolic OH excluding ortho intramolecular Hbond substituents is 1. The number of rotatable bonds is 3. The first kappa shape index (κ1) is 14.8. The van der Waals surface area contributed by atoms with Crippen molar-refractivity contribution < 1.29 is 19.4 Å². The first-order chi connectivity index (χ1) is 9.52. The Morgan fingerprint density at radius 2 is 2.10 bits per heavy atom. The Morgan fingerprint density at radius 3 is 2.65 bits per heavy atom. The summed E-state index contributed by atoms with van der Waals surface area (Å²) in [6.45, 7) is 3.09. The third-order valence-corrected chi connectivity index (χ3v) is 3.98. The van der Waals surface area contributed by atoms with Crippen LogP contribution in [0.4, 0.5) is 4.39 Å². The molecule has 1 aromatic carbocycles. The van der Waals surface area contributed by atoms with E-state index in [1.807, 2.05) is 6.92 Å². The quantitative estimate of drug-likeness (QED) is 0.892. The molecule has 2 N–H and O–H groups in total. The molecule has 1 amide bonds. The number of amides is 1. The summed E-state index contributed by atoms with van der Waals surface area (Å²) in [5, 5.41) is 18.9. The van der Waals surface area contributed by atoms with Crippen LogP contribution in [0, 0.1) is 11.7 Å². The fraction of sp³-hybridized carbons (Fsp3) is 0.533. The summed E-state index contributed by atoms with van der Waals surface area (Å²) in [6, 6.07) is 3.68. The van der Waals surface area contributed by atoms with E-state index in [9.17, 15) is 14.3 Å². The monoisotopic (exact) mass is 281 g/mol. The van der Waals surface area contributed by atoms with Gasteiger partial charge in [0.2, 0.25) is 0 Å². The molecule has 0 aliphatic carbocycles. The normalized spacial score (nSPS) is 18.1. The van der Waals surface area contributed by atoms with Crippen LogP contribution in [0.25, 0.3) is 0 Å². The molecule has 110 valence electrons. The molecule has 1 saturated heterocycles. The van der Waals surface area contributed by atoms with Crippen molar-refractivity contribution in [2.45, 2.75) is 32.3 Å². The van der Waals surface area contributed by atoms with Crippen LogP contribution in [-0.4, -0.2) is 40.2 Å². The summed E-state index contributed by atoms with van der Waals surface area (Å²) in [6.07, 6.45) is 1.95. The smallest absolute Gasteiger partial charge is 0.253 e. The molecular formula is C15H20FNO3. The molecule has 1 aromatic rings. The molecule has 0 radical (unpaired) electrons. The third-order valence-electron chi connectivity index (χ3n) is 3.98. The first-order valence-corrected chi connectivity index (χ1v) is 6.98. The summed E-state index contributed by atoms with van der Waals surface area (Å²) >= 11 is 0. The minimum atomic E-state index is -0.785. The van der Waals surface area contributed by atoms with Crippen molar-refractivity contribution in [2.24, 2.45) is 5.92 Å². The minimum Gasteiger partial charge on any atom is -0.505 e. The number of benzene rings is 1. The number of aromatic hydroxyl groups is 1. The van der Waals surface area contributed by atoms with Crippen molar-refractivity contribution in [1.82, 2.24) is 4.90 Å². The lowest BCUT2D eigenvalue weighted by Gasteiger charge is -2.34. The van der Waals surface area contributed by atoms with E-state index in [1.54, 1.807) is 4.90 Å². The number of carbonyl (C=O) groups excluding carboxylic acids is 1. The third kappa shape index (κ3) is 3.10. The van der Waals surface area contributed by atoms with E-state index >= 15 is 0 Å². The van der Waals surface area contributed by atoms with Gasteiger partial charge in [0.15, 0.2) is 11.6 Å². The highest BCUT2D eigenvalue weighted by Crippen LogP contribution is 2.24. The number of likely N-dealkylation sites (tertiary alicyclic amines) is 1. The Balaban J connectivity index is 1.99. The molecule has 2 rings (SSSR count). The van der Waals surface area contributed by atoms with Crippen LogP contribution in [0.5, 0.6) is 5.75 Å². The molecule has 0 saturated carbocycles. The van der Waals surface area contributed by atoms with E-state index in [0.717, 1.165) is 25.3 Å². The fourth-order valence-electron chi connectivity index (χ4n) is 2.64. The zero-order chi connectivity index (χ0) is 14.7. The van der Waals surface area contributed by atoms with E-state index in [2.05, 4.69) is 0 Å². The lowest BCUT2D eigenvalue weighted by atomic mass is 9.90. The van der Waals surface area contributed by atoms with Gasteiger partial charge in [-0.05, 0) is 43.4 Å². The number of nitrogens with zero attached hydrogens (tertiary/aromatic N) is 1. The van der Waals surface area contributed by atoms with E-state index in [0.29, 0.717) is 13.1 Å². The maximum absolute atomic E-state index is 13.3. The Kier molecular flexibility index (Phi) is 4.60. The number of carbonyl (C=O) groups is 1. The van der Waals surface area contributed by atoms with Crippen molar-refractivity contribution in [3.63, 3.8) is 0 Å². The predicted octanol–water partition coefficient (Wildman–Crippen LogP) is 2.15. The zero-order valence-corrected chi connectivity index (χ0v) is 11.6. The molecule has 1 fully saturated rings. The van der Waals surface area contributed by atoms with E-state index < -0.39 is 11.6 Å². The highest BCUT2D eigenvalue weighted by Gasteiger charge is 2.27. The second-order valence-corrected chi connectivity index (χ2v) is 5.27. The number of aliphatic hydroxyl groups excluding tert-OH is 1. The van der Waals surface area contributed by atoms with Gasteiger partial charge in [0.25, 0.3) is 5.91 Å². The average Bonchev–Trinajstić information content (AvgIpc) is 2.48. The summed E-state index contributed by atoms with van der Waals surface area (Å²) in [7, 11) is 0. The van der Waals surface area contributed by atoms with Gasteiger partial charge in [0.1, 0.15) is 0 Å². The molecule has 1 aliphatic rings. The van der Waals surface area contributed by atoms with Crippen LogP contribution in [0.1, 0.15) is 36.5 Å². The minimum absolute atomic E-state index is 0.228. The molecule has 20 heavy (non-hydrogen) atoms. The van der Waals surface area contributed by atoms with Crippen molar-refractivity contribution >= 4 is 5.91 Å². The van der Waals surface area contributed by atoms with Gasteiger partial charge in [0, 0.05) is 18.7 Å². The molecule has 0 bridgehead atoms. The van der Waals surface area contributed by atoms with Gasteiger partial charge in [-0.2, -0.15) is 0 Å². The lowest BCUT2D eigenvalue weighted by Crippen LogP contribution is -2.41. The molecule has 1 aliphatic heterocycles. The van der Waals surface area contributed by atoms with Crippen LogP contribution in [0.2, 0.25) is 0 Å². The van der Waals surface area contributed by atoms with Crippen LogP contribution in [-0.2, 0) is 0 Å². The van der Waals surface area contributed by atoms with Crippen LogP contribution in [0.15, 0.2) is 18.2 Å². The largest absolute Gasteiger partial charge is 0.505 e. The molecular weight excluding hydrogens is 261 g/mol. The molecule has 5 heteroatoms. The second-order valence-electron chi connectivity index (χ2n) is 5.27. The summed E-state index contributed by atoms with van der Waals surface area (Å²) in [4.78, 5) is 13.9. The standard InChI is InChI=1S/C15H20FNO3/c1-2-13(18)10-5-7-17(8-6-10)15(20)11-3-4-14(19)12(16)9-11/h3-4,9-10,13,18-19H,2,5-8H2,1H3/t13-/m0/s1. The lowest BCUT2D eigenvalue weighted by molar-refractivity contribution is 0.0453. The van der Waals surface area contributed by atoms with Crippen LogP contribution in [0.3, 0.4) is 0 Å². The summed E-state index contributed by atoms with van der Waals surface area (Å²) in [5.41, 5.74) is 0.245. The SMILES string of the molecule is CC[C@H](O)C1CCN(C(=O)c2ccc(O)c(F)c2)CC1. The summed E-state index contributed by atoms with van der Waals surface area (Å²) in [5.74, 6) is -1.23. The van der Waals surface area contributed by atoms with Gasteiger partial charge in [-0.1, -0.05) is 6.92 Å². The van der Waals surface area contributed by atoms with Gasteiger partial charge in [-0.3, -0.25) is 4.79 Å². The topological polar surface area (TPSA) is 60.8 Å². The molecule has 0 unspecified atom stereocenters. The number of piperidine rings is 1. The number of hydrogen-bond acceptors (Lipinski definition) is 3. The highest BCUT2D eigenvalue weighted by molar-refractivity contribution is 5.94. The van der Waals surface area contributed by atoms with Gasteiger partial charge in [-0.25, -0.2) is 4.39 Å². The number of halogens is 1. The maximum Gasteiger partial charge on any atom is 0.253 e. The van der Waals surface area contributed by atoms with E-state index in [4.69, 9.17) is 5.11 Å². The van der Waals surface area contributed by atoms with Crippen molar-refractivity contribution in [3.05, 3.63) is 29.6 Å². The van der Waals surface area contributed by atoms with Gasteiger partial charge in [-0.15, -0.1) is 0 Å². The summed E-state index contributed by atoms with van der Waals surface area (Å²) < 4.78 is 13.3. The number of hydrogen-bond donors (Lipinski definition) is 2. The van der Waals surface area contributed by atoms with Crippen LogP contribution < -0.4 is 0 Å². The van der Waals surface area contributed by atoms with Gasteiger partial charge >= 0.3 is 0 Å². The molecule has 0 aromatic heterocycles. The highest BCUT2D eigenvalue weighted by atomic mass is 19.1. The Labute approximate surface area is 117 Å². The molecule has 4 nitrogen and oxygen atoms in total. The second kappa shape index (κ2) is 6.22. The average molecular weight is 281 g/mol. The number of phenols is 1.